The number of para-hydroxylation sites is 1. The largest absolute Gasteiger partial charge is 0.485 e. The molecule has 6 rings (SSSR count). The van der Waals surface area contributed by atoms with Gasteiger partial charge in [0.2, 0.25) is 0 Å². The number of amides is 1. The Labute approximate surface area is 192 Å². The molecule has 0 saturated heterocycles. The second-order valence-corrected chi connectivity index (χ2v) is 7.57. The summed E-state index contributed by atoms with van der Waals surface area (Å²) >= 11 is 0. The monoisotopic (exact) mass is 453 g/mol. The molecule has 166 valence electrons. The summed E-state index contributed by atoms with van der Waals surface area (Å²) in [4.78, 5) is 21.6. The SMILES string of the molecule is O=C(Nc1cccc(-c2nncn2-c2ccccc2)n1)c1cc2c(cc1F)OCc1cncn1-2. The lowest BCUT2D eigenvalue weighted by molar-refractivity contribution is 0.102. The highest BCUT2D eigenvalue weighted by Gasteiger charge is 2.23. The number of nitrogens with zero attached hydrogens (tertiary/aromatic N) is 6. The Kier molecular flexibility index (Phi) is 4.61. The molecule has 0 unspecified atom stereocenters. The highest BCUT2D eigenvalue weighted by molar-refractivity contribution is 6.04. The lowest BCUT2D eigenvalue weighted by Crippen LogP contribution is -2.18. The van der Waals surface area contributed by atoms with Crippen LogP contribution in [0, 0.1) is 5.82 Å². The average molecular weight is 453 g/mol. The van der Waals surface area contributed by atoms with Crippen molar-refractivity contribution in [1.82, 2.24) is 29.3 Å². The van der Waals surface area contributed by atoms with Crippen LogP contribution in [0.3, 0.4) is 0 Å². The number of carbonyl (C=O) groups excluding carboxylic acids is 1. The molecule has 0 spiro atoms. The Bertz CT molecular complexity index is 1530. The summed E-state index contributed by atoms with van der Waals surface area (Å²) in [5.74, 6) is -0.227. The minimum atomic E-state index is -0.695. The van der Waals surface area contributed by atoms with Gasteiger partial charge in [-0.05, 0) is 30.3 Å². The van der Waals surface area contributed by atoms with Gasteiger partial charge in [-0.3, -0.25) is 13.9 Å². The molecule has 0 radical (unpaired) electrons. The number of ether oxygens (including phenoxy) is 1. The number of aromatic nitrogens is 6. The molecule has 2 aromatic carbocycles. The second-order valence-electron chi connectivity index (χ2n) is 7.57. The van der Waals surface area contributed by atoms with Crippen LogP contribution in [-0.4, -0.2) is 35.2 Å². The van der Waals surface area contributed by atoms with Gasteiger partial charge in [0.05, 0.1) is 29.5 Å². The van der Waals surface area contributed by atoms with Crippen molar-refractivity contribution in [3.8, 4) is 28.6 Å². The standard InChI is InChI=1S/C24H16FN7O2/c25-18-10-21-20(31-13-26-11-16(31)12-34-21)9-17(18)24(33)29-22-8-4-7-19(28-22)23-30-27-14-32(23)15-5-2-1-3-6-15/h1-11,13-14H,12H2,(H,28,29,33). The summed E-state index contributed by atoms with van der Waals surface area (Å²) < 4.78 is 23.9. The molecule has 1 aliphatic rings. The number of imidazole rings is 1. The van der Waals surface area contributed by atoms with Crippen molar-refractivity contribution < 1.29 is 13.9 Å². The molecular weight excluding hydrogens is 437 g/mol. The topological polar surface area (TPSA) is 99.8 Å². The van der Waals surface area contributed by atoms with Crippen LogP contribution in [0.1, 0.15) is 16.1 Å². The van der Waals surface area contributed by atoms with Crippen LogP contribution in [0.4, 0.5) is 10.2 Å². The molecule has 1 aliphatic heterocycles. The first-order chi connectivity index (χ1) is 16.7. The number of pyridine rings is 1. The Morgan fingerprint density at radius 2 is 1.91 bits per heavy atom. The number of rotatable bonds is 4. The van der Waals surface area contributed by atoms with Crippen LogP contribution >= 0.6 is 0 Å². The van der Waals surface area contributed by atoms with Crippen molar-refractivity contribution in [2.24, 2.45) is 0 Å². The smallest absolute Gasteiger partial charge is 0.259 e. The zero-order chi connectivity index (χ0) is 23.1. The fourth-order valence-corrected chi connectivity index (χ4v) is 3.82. The van der Waals surface area contributed by atoms with Gasteiger partial charge in [-0.2, -0.15) is 0 Å². The first-order valence-corrected chi connectivity index (χ1v) is 10.4. The molecule has 9 nitrogen and oxygen atoms in total. The number of anilines is 1. The quantitative estimate of drug-likeness (QED) is 0.444. The predicted octanol–water partition coefficient (Wildman–Crippen LogP) is 3.80. The molecule has 5 aromatic rings. The zero-order valence-electron chi connectivity index (χ0n) is 17.6. The van der Waals surface area contributed by atoms with Gasteiger partial charge in [-0.15, -0.1) is 10.2 Å². The molecule has 3 aromatic heterocycles. The lowest BCUT2D eigenvalue weighted by Gasteiger charge is -2.20. The molecule has 0 fully saturated rings. The Balaban J connectivity index is 1.31. The first kappa shape index (κ1) is 19.8. The van der Waals surface area contributed by atoms with Gasteiger partial charge in [0.1, 0.15) is 36.0 Å². The van der Waals surface area contributed by atoms with Gasteiger partial charge in [0.15, 0.2) is 5.82 Å². The van der Waals surface area contributed by atoms with Crippen molar-refractivity contribution >= 4 is 11.7 Å². The van der Waals surface area contributed by atoms with Crippen LogP contribution in [0.15, 0.2) is 79.5 Å². The maximum absolute atomic E-state index is 14.8. The van der Waals surface area contributed by atoms with Crippen LogP contribution < -0.4 is 10.1 Å². The van der Waals surface area contributed by atoms with Crippen molar-refractivity contribution in [2.75, 3.05) is 5.32 Å². The van der Waals surface area contributed by atoms with E-state index in [1.807, 2.05) is 30.3 Å². The van der Waals surface area contributed by atoms with E-state index in [1.54, 1.807) is 46.2 Å². The van der Waals surface area contributed by atoms with E-state index in [0.29, 0.717) is 23.0 Å². The summed E-state index contributed by atoms with van der Waals surface area (Å²) in [5.41, 5.74) is 2.59. The van der Waals surface area contributed by atoms with E-state index in [4.69, 9.17) is 4.74 Å². The van der Waals surface area contributed by atoms with Crippen LogP contribution in [0.5, 0.6) is 5.75 Å². The van der Waals surface area contributed by atoms with Crippen molar-refractivity contribution in [3.63, 3.8) is 0 Å². The van der Waals surface area contributed by atoms with Crippen LogP contribution in [0.2, 0.25) is 0 Å². The van der Waals surface area contributed by atoms with E-state index in [0.717, 1.165) is 11.4 Å². The Hall–Kier alpha value is -4.86. The molecule has 0 saturated carbocycles. The third-order valence-corrected chi connectivity index (χ3v) is 5.45. The number of hydrogen-bond donors (Lipinski definition) is 1. The molecule has 10 heteroatoms. The highest BCUT2D eigenvalue weighted by Crippen LogP contribution is 2.32. The fourth-order valence-electron chi connectivity index (χ4n) is 3.82. The molecule has 1 amide bonds. The van der Waals surface area contributed by atoms with E-state index in [2.05, 4.69) is 25.5 Å². The molecule has 0 bridgehead atoms. The average Bonchev–Trinajstić information content (AvgIpc) is 3.54. The van der Waals surface area contributed by atoms with Gasteiger partial charge in [0, 0.05) is 11.8 Å². The van der Waals surface area contributed by atoms with Gasteiger partial charge in [-0.1, -0.05) is 24.3 Å². The predicted molar refractivity (Wildman–Crippen MR) is 120 cm³/mol. The minimum Gasteiger partial charge on any atom is -0.485 e. The van der Waals surface area contributed by atoms with E-state index in [-0.39, 0.29) is 18.0 Å². The van der Waals surface area contributed by atoms with Crippen molar-refractivity contribution in [3.05, 3.63) is 96.6 Å². The Morgan fingerprint density at radius 1 is 1.03 bits per heavy atom. The van der Waals surface area contributed by atoms with Crippen molar-refractivity contribution in [1.29, 1.82) is 0 Å². The Morgan fingerprint density at radius 3 is 2.79 bits per heavy atom. The highest BCUT2D eigenvalue weighted by atomic mass is 19.1. The maximum Gasteiger partial charge on any atom is 0.259 e. The summed E-state index contributed by atoms with van der Waals surface area (Å²) in [6.45, 7) is 0.280. The number of fused-ring (bicyclic) bond motifs is 3. The summed E-state index contributed by atoms with van der Waals surface area (Å²) in [5, 5.41) is 10.8. The van der Waals surface area contributed by atoms with E-state index < -0.39 is 11.7 Å². The third kappa shape index (κ3) is 3.37. The molecule has 34 heavy (non-hydrogen) atoms. The van der Waals surface area contributed by atoms with Gasteiger partial charge in [0.25, 0.3) is 5.91 Å². The molecule has 0 atom stereocenters. The molecular formula is C24H16FN7O2. The lowest BCUT2D eigenvalue weighted by atomic mass is 10.1. The summed E-state index contributed by atoms with van der Waals surface area (Å²) in [6, 6.07) is 17.4. The number of halogens is 1. The molecule has 0 aliphatic carbocycles. The number of hydrogen-bond acceptors (Lipinski definition) is 6. The minimum absolute atomic E-state index is 0.136. The van der Waals surface area contributed by atoms with Gasteiger partial charge >= 0.3 is 0 Å². The number of nitrogens with one attached hydrogen (secondary N) is 1. The first-order valence-electron chi connectivity index (χ1n) is 10.4. The second kappa shape index (κ2) is 7.93. The third-order valence-electron chi connectivity index (χ3n) is 5.45. The van der Waals surface area contributed by atoms with Crippen molar-refractivity contribution in [2.45, 2.75) is 6.61 Å². The maximum atomic E-state index is 14.8. The fraction of sp³-hybridized carbons (Fsp3) is 0.0417. The number of carbonyl (C=O) groups is 1. The van der Waals surface area contributed by atoms with E-state index in [1.165, 1.54) is 12.1 Å². The van der Waals surface area contributed by atoms with Gasteiger partial charge < -0.3 is 10.1 Å². The summed E-state index contributed by atoms with van der Waals surface area (Å²) in [6.07, 6.45) is 4.85. The van der Waals surface area contributed by atoms with Gasteiger partial charge in [-0.25, -0.2) is 14.4 Å². The number of benzene rings is 2. The summed E-state index contributed by atoms with van der Waals surface area (Å²) in [7, 11) is 0. The van der Waals surface area contributed by atoms with E-state index >= 15 is 0 Å². The molecule has 1 N–H and O–H groups in total. The zero-order valence-corrected chi connectivity index (χ0v) is 17.6. The normalized spacial score (nSPS) is 11.9. The van der Waals surface area contributed by atoms with Crippen LogP contribution in [0.25, 0.3) is 22.9 Å². The molecule has 4 heterocycles. The van der Waals surface area contributed by atoms with Crippen LogP contribution in [-0.2, 0) is 6.61 Å². The van der Waals surface area contributed by atoms with E-state index in [9.17, 15) is 9.18 Å².